The molecule has 7 aromatic carbocycles. The monoisotopic (exact) mass is 836 g/mol. The minimum atomic E-state index is 0. The van der Waals surface area contributed by atoms with Gasteiger partial charge in [0.2, 0.25) is 0 Å². The van der Waals surface area contributed by atoms with Crippen LogP contribution in [0.4, 0.5) is 0 Å². The third-order valence-electron chi connectivity index (χ3n) is 9.30. The second-order valence-electron chi connectivity index (χ2n) is 14.9. The van der Waals surface area contributed by atoms with Crippen molar-refractivity contribution in [2.45, 2.75) is 58.8 Å². The molecule has 52 heavy (non-hydrogen) atoms. The Morgan fingerprint density at radius 1 is 0.596 bits per heavy atom. The fourth-order valence-electron chi connectivity index (χ4n) is 6.45. The standard InChI is InChI=1S/C21H12Cl2.C21H25.C5H5.2ClH.Zr/c22-20-11-9-14(16-5-1-3-7-18(16)20)13-15-10-12-21(23)19-8-4-2-6-17(15)19;1-20(2,3)16-7-9-18-14(12-16)11-15-13-17(21(4,5)6)8-10-19(15)18;1-2-4-5-3-1;;;/h1-12H;7-10,12H,11H2,1-6H3;1-5H;2*1H;/q;2*-1;;;+2/p-2. The summed E-state index contributed by atoms with van der Waals surface area (Å²) in [6.07, 6.45) is 1.03. The van der Waals surface area contributed by atoms with Crippen molar-refractivity contribution in [3.8, 4) is 11.1 Å². The predicted molar refractivity (Wildman–Crippen MR) is 214 cm³/mol. The van der Waals surface area contributed by atoms with Crippen molar-refractivity contribution in [1.82, 2.24) is 0 Å². The molecule has 0 heterocycles. The Labute approximate surface area is 347 Å². The average Bonchev–Trinajstić information content (AvgIpc) is 3.80. The molecule has 0 aromatic heterocycles. The molecule has 1 aliphatic rings. The van der Waals surface area contributed by atoms with E-state index in [9.17, 15) is 0 Å². The molecule has 0 radical (unpaired) electrons. The Hall–Kier alpha value is -2.90. The first-order chi connectivity index (χ1) is 23.8. The summed E-state index contributed by atoms with van der Waals surface area (Å²) in [6.45, 7) is 13.6. The molecule has 7 aromatic rings. The van der Waals surface area contributed by atoms with Crippen molar-refractivity contribution in [1.29, 1.82) is 0 Å². The summed E-state index contributed by atoms with van der Waals surface area (Å²) in [6, 6.07) is 50.0. The van der Waals surface area contributed by atoms with Crippen molar-refractivity contribution < 1.29 is 49.0 Å². The second-order valence-corrected chi connectivity index (χ2v) is 17.0. The zero-order valence-corrected chi connectivity index (χ0v) is 35.9. The summed E-state index contributed by atoms with van der Waals surface area (Å²) in [5.74, 6) is 0. The molecule has 0 unspecified atom stereocenters. The summed E-state index contributed by atoms with van der Waals surface area (Å²) in [7, 11) is 0. The smallest absolute Gasteiger partial charge is 0.172 e. The number of hydrogen-bond acceptors (Lipinski definition) is 0. The van der Waals surface area contributed by atoms with Gasteiger partial charge in [0, 0.05) is 0 Å². The summed E-state index contributed by atoms with van der Waals surface area (Å²) >= 11 is 14.1. The molecule has 0 spiro atoms. The van der Waals surface area contributed by atoms with Gasteiger partial charge in [0.05, 0.1) is 0 Å². The van der Waals surface area contributed by atoms with Crippen LogP contribution in [0.1, 0.15) is 74.9 Å². The van der Waals surface area contributed by atoms with Crippen molar-refractivity contribution in [2.75, 3.05) is 0 Å². The van der Waals surface area contributed by atoms with E-state index in [1.54, 1.807) is 0 Å². The van der Waals surface area contributed by atoms with E-state index >= 15 is 0 Å². The van der Waals surface area contributed by atoms with Gasteiger partial charge in [-0.15, -0.1) is 11.1 Å². The molecule has 0 bridgehead atoms. The van der Waals surface area contributed by atoms with Crippen LogP contribution in [-0.4, -0.2) is 3.21 Å². The molecule has 5 heteroatoms. The average molecular weight is 840 g/mol. The Morgan fingerprint density at radius 2 is 1.10 bits per heavy atom. The second kappa shape index (κ2) is 17.5. The van der Waals surface area contributed by atoms with Crippen LogP contribution in [0.15, 0.2) is 133 Å². The maximum atomic E-state index is 6.38. The molecule has 0 atom stereocenters. The van der Waals surface area contributed by atoms with Gasteiger partial charge in [-0.05, 0) is 28.4 Å². The van der Waals surface area contributed by atoms with Gasteiger partial charge in [0.15, 0.2) is 0 Å². The van der Waals surface area contributed by atoms with Crippen molar-refractivity contribution >= 4 is 48.0 Å². The van der Waals surface area contributed by atoms with Gasteiger partial charge >= 0.3 is 166 Å². The van der Waals surface area contributed by atoms with Crippen molar-refractivity contribution in [2.24, 2.45) is 0 Å². The number of rotatable bonds is 2. The van der Waals surface area contributed by atoms with E-state index in [1.807, 2.05) is 54.6 Å². The quantitative estimate of drug-likeness (QED) is 0.159. The van der Waals surface area contributed by atoms with Crippen LogP contribution < -0.4 is 24.8 Å². The Balaban J connectivity index is 0.000000199. The maximum Gasteiger partial charge on any atom is -0.172 e. The Bertz CT molecular complexity index is 2140. The minimum absolute atomic E-state index is 0. The largest absolute Gasteiger partial charge is 1.00 e. The van der Waals surface area contributed by atoms with Gasteiger partial charge in [-0.3, -0.25) is 0 Å². The Morgan fingerprint density at radius 3 is 1.56 bits per heavy atom. The van der Waals surface area contributed by atoms with Crippen molar-refractivity contribution in [3.05, 3.63) is 183 Å². The van der Waals surface area contributed by atoms with E-state index in [1.165, 1.54) is 82.7 Å². The van der Waals surface area contributed by atoms with Gasteiger partial charge in [-0.25, -0.2) is 12.1 Å². The zero-order valence-electron chi connectivity index (χ0n) is 30.4. The Kier molecular flexibility index (Phi) is 14.1. The van der Waals surface area contributed by atoms with E-state index in [2.05, 4.69) is 126 Å². The topological polar surface area (TPSA) is 0 Å². The van der Waals surface area contributed by atoms with Gasteiger partial charge in [0.1, 0.15) is 0 Å². The van der Waals surface area contributed by atoms with Crippen LogP contribution in [-0.2, 0) is 41.5 Å². The molecule has 0 aliphatic heterocycles. The van der Waals surface area contributed by atoms with Crippen LogP contribution in [0.25, 0.3) is 32.7 Å². The molecule has 0 saturated heterocycles. The molecule has 0 saturated carbocycles. The first kappa shape index (κ1) is 41.9. The summed E-state index contributed by atoms with van der Waals surface area (Å²) in [4.78, 5) is 0. The van der Waals surface area contributed by atoms with Gasteiger partial charge < -0.3 is 24.8 Å². The van der Waals surface area contributed by atoms with Gasteiger partial charge in [-0.1, -0.05) is 65.3 Å². The van der Waals surface area contributed by atoms with Crippen LogP contribution in [0.5, 0.6) is 0 Å². The molecule has 0 nitrogen and oxygen atoms in total. The summed E-state index contributed by atoms with van der Waals surface area (Å²) in [5, 5.41) is 6.15. The molecule has 8 rings (SSSR count). The minimum Gasteiger partial charge on any atom is -1.00 e. The molecule has 1 aliphatic carbocycles. The van der Waals surface area contributed by atoms with Crippen LogP contribution in [0.3, 0.4) is 0 Å². The normalized spacial score (nSPS) is 11.6. The molecule has 0 amide bonds. The van der Waals surface area contributed by atoms with Crippen LogP contribution in [0, 0.1) is 6.07 Å². The third kappa shape index (κ3) is 9.24. The number of halogens is 4. The number of fused-ring (bicyclic) bond motifs is 5. The molecule has 0 N–H and O–H groups in total. The van der Waals surface area contributed by atoms with E-state index < -0.39 is 0 Å². The van der Waals surface area contributed by atoms with Crippen LogP contribution >= 0.6 is 23.2 Å². The van der Waals surface area contributed by atoms with Gasteiger partial charge in [-0.2, -0.15) is 42.0 Å². The van der Waals surface area contributed by atoms with Crippen LogP contribution in [0.2, 0.25) is 10.0 Å². The summed E-state index contributed by atoms with van der Waals surface area (Å²) in [5.41, 5.74) is 11.2. The third-order valence-corrected chi connectivity index (χ3v) is 11.3. The number of benzene rings is 6. The molecule has 264 valence electrons. The number of hydrogen-bond donors (Lipinski definition) is 0. The fraction of sp³-hybridized carbons (Fsp3) is 0.191. The molecular formula is C47H42Cl4Zr-2. The van der Waals surface area contributed by atoms with E-state index in [0.29, 0.717) is 0 Å². The SMILES string of the molecule is CC(C)(C)c1[c-]c2c(cc1)-c1ccc(C(C)(C)C)cc1C2.Clc1ccc([C](=[Zr+2])c2ccc(Cl)c3ccccc23)c2ccccc12.[Cl-].[Cl-].c1cc[cH-]c1. The van der Waals surface area contributed by atoms with Gasteiger partial charge in [0.25, 0.3) is 0 Å². The van der Waals surface area contributed by atoms with Crippen molar-refractivity contribution in [3.63, 3.8) is 0 Å². The van der Waals surface area contributed by atoms with E-state index in [4.69, 9.17) is 23.2 Å². The molecule has 0 fully saturated rings. The fourth-order valence-corrected chi connectivity index (χ4v) is 7.98. The first-order valence-electron chi connectivity index (χ1n) is 17.1. The maximum absolute atomic E-state index is 6.38. The molecular weight excluding hydrogens is 798 g/mol. The predicted octanol–water partition coefficient (Wildman–Crippen LogP) is 7.48. The van der Waals surface area contributed by atoms with E-state index in [-0.39, 0.29) is 35.6 Å². The van der Waals surface area contributed by atoms with E-state index in [0.717, 1.165) is 27.2 Å². The zero-order chi connectivity index (χ0) is 35.6. The first-order valence-corrected chi connectivity index (χ1v) is 19.1. The summed E-state index contributed by atoms with van der Waals surface area (Å²) < 4.78 is 1.31.